The highest BCUT2D eigenvalue weighted by Crippen LogP contribution is 2.18. The van der Waals surface area contributed by atoms with E-state index in [9.17, 15) is 18.0 Å². The maximum atomic E-state index is 11.6. The molecule has 2 heterocycles. The number of carboxylic acid groups (broad SMARTS) is 1. The summed E-state index contributed by atoms with van der Waals surface area (Å²) in [6.45, 7) is 0.382. The molecule has 1 aromatic heterocycles. The summed E-state index contributed by atoms with van der Waals surface area (Å²) in [4.78, 5) is 24.1. The molecule has 1 aliphatic rings. The molecule has 1 aromatic rings. The van der Waals surface area contributed by atoms with Crippen molar-refractivity contribution < 1.29 is 23.1 Å². The number of primary amides is 1. The maximum absolute atomic E-state index is 11.6. The zero-order chi connectivity index (χ0) is 14.9. The predicted octanol–water partition coefficient (Wildman–Crippen LogP) is -1.10. The minimum Gasteiger partial charge on any atom is -0.478 e. The first-order valence-corrected chi connectivity index (χ1v) is 7.77. The average molecular weight is 301 g/mol. The van der Waals surface area contributed by atoms with Crippen LogP contribution in [0.15, 0.2) is 18.5 Å². The van der Waals surface area contributed by atoms with E-state index < -0.39 is 27.9 Å². The number of carbonyl (C=O) groups is 2. The molecule has 20 heavy (non-hydrogen) atoms. The van der Waals surface area contributed by atoms with Crippen molar-refractivity contribution in [1.29, 1.82) is 0 Å². The summed E-state index contributed by atoms with van der Waals surface area (Å²) >= 11 is 0. The first kappa shape index (κ1) is 14.5. The highest BCUT2D eigenvalue weighted by atomic mass is 32.2. The molecule has 1 aliphatic heterocycles. The van der Waals surface area contributed by atoms with Crippen LogP contribution in [0.3, 0.4) is 0 Å². The molecule has 0 radical (unpaired) electrons. The zero-order valence-corrected chi connectivity index (χ0v) is 11.4. The summed E-state index contributed by atoms with van der Waals surface area (Å²) in [5.41, 5.74) is 5.40. The van der Waals surface area contributed by atoms with Crippen molar-refractivity contribution in [3.8, 4) is 0 Å². The topological polar surface area (TPSA) is 123 Å². The van der Waals surface area contributed by atoms with Crippen LogP contribution in [0.25, 0.3) is 0 Å². The summed E-state index contributed by atoms with van der Waals surface area (Å²) in [5.74, 6) is -1.83. The van der Waals surface area contributed by atoms with Gasteiger partial charge in [-0.1, -0.05) is 0 Å². The highest BCUT2D eigenvalue weighted by Gasteiger charge is 2.31. The number of nitrogens with two attached hydrogens (primary N) is 1. The Balaban J connectivity index is 2.23. The molecule has 0 bridgehead atoms. The van der Waals surface area contributed by atoms with Gasteiger partial charge >= 0.3 is 5.97 Å². The van der Waals surface area contributed by atoms with Crippen LogP contribution >= 0.6 is 0 Å². The van der Waals surface area contributed by atoms with Gasteiger partial charge in [-0.25, -0.2) is 13.2 Å². The standard InChI is InChI=1S/C11H15N3O5S/c12-9(15)10(13-3-5-20(18,19)6-4-13)14-2-1-8(7-14)11(16)17/h1-2,7,10H,3-6H2,(H2,12,15)(H,16,17). The van der Waals surface area contributed by atoms with Gasteiger partial charge in [-0.3, -0.25) is 9.69 Å². The monoisotopic (exact) mass is 301 g/mol. The largest absolute Gasteiger partial charge is 0.478 e. The fraction of sp³-hybridized carbons (Fsp3) is 0.455. The average Bonchev–Trinajstić information content (AvgIpc) is 2.80. The van der Waals surface area contributed by atoms with Crippen molar-refractivity contribution >= 4 is 21.7 Å². The van der Waals surface area contributed by atoms with E-state index in [1.807, 2.05) is 0 Å². The Labute approximate surface area is 115 Å². The SMILES string of the molecule is NC(=O)C(N1CCS(=O)(=O)CC1)n1ccc(C(=O)O)c1. The summed E-state index contributed by atoms with van der Waals surface area (Å²) in [6.07, 6.45) is 1.88. The molecule has 110 valence electrons. The third-order valence-electron chi connectivity index (χ3n) is 3.22. The van der Waals surface area contributed by atoms with E-state index in [-0.39, 0.29) is 30.2 Å². The Bertz CT molecular complexity index is 622. The molecule has 1 unspecified atom stereocenters. The second-order valence-corrected chi connectivity index (χ2v) is 6.92. The van der Waals surface area contributed by atoms with Crippen LogP contribution < -0.4 is 5.73 Å². The van der Waals surface area contributed by atoms with Gasteiger partial charge in [0.1, 0.15) is 0 Å². The quantitative estimate of drug-likeness (QED) is 0.728. The summed E-state index contributed by atoms with van der Waals surface area (Å²) in [5, 5.41) is 8.88. The van der Waals surface area contributed by atoms with Gasteiger partial charge in [-0.15, -0.1) is 0 Å². The first-order chi connectivity index (χ1) is 9.30. The van der Waals surface area contributed by atoms with Gasteiger partial charge in [0, 0.05) is 25.5 Å². The molecule has 1 atom stereocenters. The molecule has 3 N–H and O–H groups in total. The van der Waals surface area contributed by atoms with E-state index in [2.05, 4.69) is 0 Å². The van der Waals surface area contributed by atoms with Crippen molar-refractivity contribution in [2.75, 3.05) is 24.6 Å². The molecule has 0 aliphatic carbocycles. The van der Waals surface area contributed by atoms with Gasteiger partial charge in [-0.2, -0.15) is 0 Å². The van der Waals surface area contributed by atoms with Crippen LogP contribution in [-0.2, 0) is 14.6 Å². The molecule has 1 saturated heterocycles. The molecule has 0 saturated carbocycles. The van der Waals surface area contributed by atoms with Crippen LogP contribution in [0.4, 0.5) is 0 Å². The maximum Gasteiger partial charge on any atom is 0.337 e. The van der Waals surface area contributed by atoms with Crippen LogP contribution in [0.2, 0.25) is 0 Å². The normalized spacial score (nSPS) is 20.4. The number of nitrogens with zero attached hydrogens (tertiary/aromatic N) is 2. The zero-order valence-electron chi connectivity index (χ0n) is 10.6. The minimum atomic E-state index is -3.06. The Kier molecular flexibility index (Phi) is 3.82. The Hall–Kier alpha value is -1.87. The van der Waals surface area contributed by atoms with E-state index in [1.54, 1.807) is 4.90 Å². The smallest absolute Gasteiger partial charge is 0.337 e. The van der Waals surface area contributed by atoms with Gasteiger partial charge in [-0.05, 0) is 6.07 Å². The number of rotatable bonds is 4. The van der Waals surface area contributed by atoms with Gasteiger partial charge < -0.3 is 15.4 Å². The second kappa shape index (κ2) is 5.25. The van der Waals surface area contributed by atoms with Gasteiger partial charge in [0.2, 0.25) is 0 Å². The fourth-order valence-corrected chi connectivity index (χ4v) is 3.41. The van der Waals surface area contributed by atoms with Crippen LogP contribution in [0.1, 0.15) is 16.5 Å². The fourth-order valence-electron chi connectivity index (χ4n) is 2.18. The number of carboxylic acids is 1. The van der Waals surface area contributed by atoms with E-state index in [0.29, 0.717) is 0 Å². The van der Waals surface area contributed by atoms with Gasteiger partial charge in [0.25, 0.3) is 5.91 Å². The van der Waals surface area contributed by atoms with E-state index >= 15 is 0 Å². The van der Waals surface area contributed by atoms with Crippen molar-refractivity contribution in [3.05, 3.63) is 24.0 Å². The summed E-state index contributed by atoms with van der Waals surface area (Å²) < 4.78 is 24.2. The molecule has 8 nitrogen and oxygen atoms in total. The van der Waals surface area contributed by atoms with Gasteiger partial charge in [0.05, 0.1) is 17.1 Å². The number of carbonyl (C=O) groups excluding carboxylic acids is 1. The molecule has 1 fully saturated rings. The number of aromatic carboxylic acids is 1. The number of hydrogen-bond donors (Lipinski definition) is 2. The van der Waals surface area contributed by atoms with Gasteiger partial charge in [0.15, 0.2) is 16.0 Å². The Morgan fingerprint density at radius 1 is 1.30 bits per heavy atom. The molecule has 0 aromatic carbocycles. The highest BCUT2D eigenvalue weighted by molar-refractivity contribution is 7.91. The molecule has 9 heteroatoms. The number of aromatic nitrogens is 1. The van der Waals surface area contributed by atoms with E-state index in [4.69, 9.17) is 10.8 Å². The molecule has 1 amide bonds. The van der Waals surface area contributed by atoms with E-state index in [0.717, 1.165) is 0 Å². The lowest BCUT2D eigenvalue weighted by atomic mass is 10.3. The third-order valence-corrected chi connectivity index (χ3v) is 4.83. The van der Waals surface area contributed by atoms with Crippen molar-refractivity contribution in [2.45, 2.75) is 6.17 Å². The third kappa shape index (κ3) is 2.99. The number of sulfone groups is 1. The molecular formula is C11H15N3O5S. The van der Waals surface area contributed by atoms with Crippen LogP contribution in [0, 0.1) is 0 Å². The lowest BCUT2D eigenvalue weighted by Crippen LogP contribution is -2.48. The van der Waals surface area contributed by atoms with Crippen LogP contribution in [0.5, 0.6) is 0 Å². The minimum absolute atomic E-state index is 0.0379. The second-order valence-electron chi connectivity index (χ2n) is 4.62. The lowest BCUT2D eigenvalue weighted by molar-refractivity contribution is -0.126. The molecular weight excluding hydrogens is 286 g/mol. The van der Waals surface area contributed by atoms with Crippen molar-refractivity contribution in [2.24, 2.45) is 5.73 Å². The number of hydrogen-bond acceptors (Lipinski definition) is 5. The Morgan fingerprint density at radius 2 is 1.90 bits per heavy atom. The summed E-state index contributed by atoms with van der Waals surface area (Å²) in [6, 6.07) is 1.36. The molecule has 0 spiro atoms. The molecule has 2 rings (SSSR count). The van der Waals surface area contributed by atoms with Crippen LogP contribution in [-0.4, -0.2) is 59.5 Å². The van der Waals surface area contributed by atoms with Crippen molar-refractivity contribution in [1.82, 2.24) is 9.47 Å². The number of amides is 1. The first-order valence-electron chi connectivity index (χ1n) is 5.95. The summed E-state index contributed by atoms with van der Waals surface area (Å²) in [7, 11) is -3.06. The Morgan fingerprint density at radius 3 is 2.35 bits per heavy atom. The predicted molar refractivity (Wildman–Crippen MR) is 69.8 cm³/mol. The van der Waals surface area contributed by atoms with E-state index in [1.165, 1.54) is 23.0 Å². The van der Waals surface area contributed by atoms with Crippen molar-refractivity contribution in [3.63, 3.8) is 0 Å². The lowest BCUT2D eigenvalue weighted by Gasteiger charge is -2.33.